The van der Waals surface area contributed by atoms with E-state index in [1.165, 1.54) is 12.3 Å². The smallest absolute Gasteiger partial charge is 0.419 e. The first kappa shape index (κ1) is 26.7. The molecule has 0 amide bonds. The summed E-state index contributed by atoms with van der Waals surface area (Å²) >= 11 is 0. The van der Waals surface area contributed by atoms with E-state index in [4.69, 9.17) is 19.4 Å². The van der Waals surface area contributed by atoms with Gasteiger partial charge in [-0.05, 0) is 37.9 Å². The molecule has 0 spiro atoms. The lowest BCUT2D eigenvalue weighted by atomic mass is 10.1. The second-order valence-corrected chi connectivity index (χ2v) is 9.15. The van der Waals surface area contributed by atoms with E-state index >= 15 is 0 Å². The number of ether oxygens (including phenoxy) is 2. The van der Waals surface area contributed by atoms with Gasteiger partial charge in [0.25, 0.3) is 0 Å². The molecular weight excluding hydrogens is 511 g/mol. The number of alkyl halides is 3. The Bertz CT molecular complexity index is 1300. The largest absolute Gasteiger partial charge is 0.494 e. The molecule has 0 bridgehead atoms. The average molecular weight is 542 g/mol. The van der Waals surface area contributed by atoms with Gasteiger partial charge in [-0.3, -0.25) is 4.99 Å². The number of piperazine rings is 1. The number of hydrogen-bond donors (Lipinski definition) is 0. The molecule has 5 rings (SSSR count). The number of halogens is 3. The standard InChI is InChI=1S/C27H30F3N7O2/c1-3-39-20-7-4-6-19(16-20)22-17-23(34-26(33-22)35-12-14-38-15-13-35)37-11-10-36(18-24(37)31-2)25-21(27(28,29)30)8-5-9-32-25/h4-9,16-17,24H,2-3,10-15,18H2,1H3. The van der Waals surface area contributed by atoms with Crippen LogP contribution in [0.5, 0.6) is 5.75 Å². The number of aromatic nitrogens is 3. The minimum absolute atomic E-state index is 0.108. The molecule has 4 heterocycles. The van der Waals surface area contributed by atoms with Crippen molar-refractivity contribution in [2.24, 2.45) is 4.99 Å². The van der Waals surface area contributed by atoms with Gasteiger partial charge in [0.05, 0.1) is 37.6 Å². The Balaban J connectivity index is 1.49. The molecule has 1 atom stereocenters. The number of rotatable bonds is 7. The van der Waals surface area contributed by atoms with Gasteiger partial charge in [-0.1, -0.05) is 12.1 Å². The average Bonchev–Trinajstić information content (AvgIpc) is 2.97. The van der Waals surface area contributed by atoms with Gasteiger partial charge < -0.3 is 24.2 Å². The number of benzene rings is 1. The molecule has 0 aliphatic carbocycles. The summed E-state index contributed by atoms with van der Waals surface area (Å²) < 4.78 is 52.2. The van der Waals surface area contributed by atoms with Crippen molar-refractivity contribution in [1.82, 2.24) is 15.0 Å². The fraction of sp³-hybridized carbons (Fsp3) is 0.407. The first-order valence-corrected chi connectivity index (χ1v) is 12.8. The van der Waals surface area contributed by atoms with Gasteiger partial charge in [0.1, 0.15) is 23.6 Å². The Kier molecular flexibility index (Phi) is 7.82. The summed E-state index contributed by atoms with van der Waals surface area (Å²) in [5, 5.41) is 0. The van der Waals surface area contributed by atoms with Crippen LogP contribution in [-0.2, 0) is 10.9 Å². The molecule has 2 aromatic heterocycles. The van der Waals surface area contributed by atoms with Gasteiger partial charge >= 0.3 is 6.18 Å². The maximum Gasteiger partial charge on any atom is 0.419 e. The Hall–Kier alpha value is -3.93. The van der Waals surface area contributed by atoms with E-state index in [-0.39, 0.29) is 12.4 Å². The monoisotopic (exact) mass is 541 g/mol. The van der Waals surface area contributed by atoms with Gasteiger partial charge in [-0.25, -0.2) is 9.97 Å². The van der Waals surface area contributed by atoms with E-state index in [2.05, 4.69) is 21.6 Å². The number of anilines is 3. The van der Waals surface area contributed by atoms with Crippen LogP contribution in [0.15, 0.2) is 53.7 Å². The third-order valence-electron chi connectivity index (χ3n) is 6.69. The predicted octanol–water partition coefficient (Wildman–Crippen LogP) is 4.15. The summed E-state index contributed by atoms with van der Waals surface area (Å²) in [5.41, 5.74) is 0.802. The molecule has 2 saturated heterocycles. The van der Waals surface area contributed by atoms with Crippen molar-refractivity contribution in [3.63, 3.8) is 0 Å². The van der Waals surface area contributed by atoms with E-state index in [0.29, 0.717) is 63.5 Å². The fourth-order valence-corrected chi connectivity index (χ4v) is 4.78. The highest BCUT2D eigenvalue weighted by atomic mass is 19.4. The zero-order chi connectivity index (χ0) is 27.4. The molecule has 0 N–H and O–H groups in total. The van der Waals surface area contributed by atoms with Crippen molar-refractivity contribution in [2.45, 2.75) is 19.3 Å². The van der Waals surface area contributed by atoms with Gasteiger partial charge in [-0.2, -0.15) is 18.2 Å². The van der Waals surface area contributed by atoms with Crippen molar-refractivity contribution in [3.8, 4) is 17.0 Å². The van der Waals surface area contributed by atoms with Crippen LogP contribution in [0, 0.1) is 0 Å². The first-order chi connectivity index (χ1) is 18.9. The highest BCUT2D eigenvalue weighted by Crippen LogP contribution is 2.36. The minimum Gasteiger partial charge on any atom is -0.494 e. The van der Waals surface area contributed by atoms with E-state index in [1.807, 2.05) is 42.2 Å². The van der Waals surface area contributed by atoms with Gasteiger partial charge in [0.15, 0.2) is 0 Å². The summed E-state index contributed by atoms with van der Waals surface area (Å²) in [4.78, 5) is 23.7. The highest BCUT2D eigenvalue weighted by Gasteiger charge is 2.38. The van der Waals surface area contributed by atoms with E-state index < -0.39 is 17.9 Å². The number of morpholine rings is 1. The third kappa shape index (κ3) is 5.90. The Morgan fingerprint density at radius 2 is 1.87 bits per heavy atom. The number of hydrogen-bond acceptors (Lipinski definition) is 9. The predicted molar refractivity (Wildman–Crippen MR) is 144 cm³/mol. The SMILES string of the molecule is C=NC1CN(c2ncccc2C(F)(F)F)CCN1c1cc(-c2cccc(OCC)c2)nc(N2CCOCC2)n1. The highest BCUT2D eigenvalue weighted by molar-refractivity contribution is 5.67. The normalized spacial score (nSPS) is 18.3. The zero-order valence-corrected chi connectivity index (χ0v) is 21.6. The van der Waals surface area contributed by atoms with Crippen molar-refractivity contribution in [1.29, 1.82) is 0 Å². The minimum atomic E-state index is -4.51. The van der Waals surface area contributed by atoms with Crippen LogP contribution >= 0.6 is 0 Å². The summed E-state index contributed by atoms with van der Waals surface area (Å²) in [7, 11) is 0. The fourth-order valence-electron chi connectivity index (χ4n) is 4.78. The van der Waals surface area contributed by atoms with Crippen molar-refractivity contribution < 1.29 is 22.6 Å². The molecule has 206 valence electrons. The lowest BCUT2D eigenvalue weighted by Gasteiger charge is -2.41. The molecule has 2 aliphatic rings. The number of aliphatic imine (C=N–C) groups is 1. The maximum absolute atomic E-state index is 13.7. The van der Waals surface area contributed by atoms with Crippen molar-refractivity contribution in [2.75, 3.05) is 67.2 Å². The molecule has 1 unspecified atom stereocenters. The van der Waals surface area contributed by atoms with Crippen LogP contribution < -0.4 is 19.4 Å². The topological polar surface area (TPSA) is 79.2 Å². The Morgan fingerprint density at radius 1 is 1.05 bits per heavy atom. The van der Waals surface area contributed by atoms with E-state index in [1.54, 1.807) is 4.90 Å². The molecule has 9 nitrogen and oxygen atoms in total. The lowest BCUT2D eigenvalue weighted by Crippen LogP contribution is -2.53. The summed E-state index contributed by atoms with van der Waals surface area (Å²) in [5.74, 6) is 1.81. The number of nitrogens with zero attached hydrogens (tertiary/aromatic N) is 7. The van der Waals surface area contributed by atoms with Crippen molar-refractivity contribution >= 4 is 24.3 Å². The van der Waals surface area contributed by atoms with Crippen LogP contribution in [0.2, 0.25) is 0 Å². The first-order valence-electron chi connectivity index (χ1n) is 12.8. The van der Waals surface area contributed by atoms with Crippen LogP contribution in [-0.4, -0.2) is 80.4 Å². The van der Waals surface area contributed by atoms with Gasteiger partial charge in [0, 0.05) is 44.0 Å². The second kappa shape index (κ2) is 11.4. The summed E-state index contributed by atoms with van der Waals surface area (Å²) in [6.07, 6.45) is -3.69. The molecule has 0 saturated carbocycles. The lowest BCUT2D eigenvalue weighted by molar-refractivity contribution is -0.137. The molecule has 2 aliphatic heterocycles. The van der Waals surface area contributed by atoms with Crippen molar-refractivity contribution in [3.05, 3.63) is 54.2 Å². The summed E-state index contributed by atoms with van der Waals surface area (Å²) in [6.45, 7) is 9.51. The quantitative estimate of drug-likeness (QED) is 0.413. The summed E-state index contributed by atoms with van der Waals surface area (Å²) in [6, 6.07) is 11.9. The van der Waals surface area contributed by atoms with Crippen LogP contribution in [0.4, 0.5) is 30.8 Å². The Morgan fingerprint density at radius 3 is 2.62 bits per heavy atom. The van der Waals surface area contributed by atoms with Crippen LogP contribution in [0.1, 0.15) is 12.5 Å². The molecular formula is C27H30F3N7O2. The maximum atomic E-state index is 13.7. The molecule has 2 fully saturated rings. The van der Waals surface area contributed by atoms with Crippen LogP contribution in [0.25, 0.3) is 11.3 Å². The third-order valence-corrected chi connectivity index (χ3v) is 6.69. The van der Waals surface area contributed by atoms with Gasteiger partial charge in [0.2, 0.25) is 5.95 Å². The molecule has 39 heavy (non-hydrogen) atoms. The number of pyridine rings is 1. The molecule has 1 aromatic carbocycles. The second-order valence-electron chi connectivity index (χ2n) is 9.15. The van der Waals surface area contributed by atoms with E-state index in [0.717, 1.165) is 17.4 Å². The van der Waals surface area contributed by atoms with E-state index in [9.17, 15) is 13.2 Å². The van der Waals surface area contributed by atoms with Crippen LogP contribution in [0.3, 0.4) is 0 Å². The molecule has 3 aromatic rings. The zero-order valence-electron chi connectivity index (χ0n) is 21.6. The Labute approximate surface area is 224 Å². The van der Waals surface area contributed by atoms with Gasteiger partial charge in [-0.15, -0.1) is 0 Å². The molecule has 0 radical (unpaired) electrons. The molecule has 12 heteroatoms.